The monoisotopic (exact) mass is 277 g/mol. The van der Waals surface area contributed by atoms with E-state index in [2.05, 4.69) is 13.0 Å². The summed E-state index contributed by atoms with van der Waals surface area (Å²) in [5.74, 6) is 1.67. The van der Waals surface area contributed by atoms with Crippen molar-refractivity contribution in [3.8, 4) is 5.75 Å². The van der Waals surface area contributed by atoms with Crippen molar-refractivity contribution in [3.05, 3.63) is 29.3 Å². The van der Waals surface area contributed by atoms with Crippen molar-refractivity contribution >= 4 is 0 Å². The molecule has 2 N–H and O–H groups in total. The fourth-order valence-electron chi connectivity index (χ4n) is 2.93. The van der Waals surface area contributed by atoms with Crippen molar-refractivity contribution in [2.24, 2.45) is 11.7 Å². The predicted molar refractivity (Wildman–Crippen MR) is 81.8 cm³/mol. The number of hydrogen-bond donors (Lipinski definition) is 1. The summed E-state index contributed by atoms with van der Waals surface area (Å²) >= 11 is 0. The molecule has 1 aromatic rings. The number of ether oxygens (including phenoxy) is 2. The van der Waals surface area contributed by atoms with Gasteiger partial charge in [0, 0.05) is 11.6 Å². The van der Waals surface area contributed by atoms with Crippen molar-refractivity contribution in [3.63, 3.8) is 0 Å². The van der Waals surface area contributed by atoms with Gasteiger partial charge in [-0.15, -0.1) is 0 Å². The molecule has 1 aliphatic rings. The number of hydrogen-bond acceptors (Lipinski definition) is 3. The van der Waals surface area contributed by atoms with Crippen LogP contribution in [-0.2, 0) is 11.3 Å². The molecule has 112 valence electrons. The number of benzene rings is 1. The Kier molecular flexibility index (Phi) is 5.44. The van der Waals surface area contributed by atoms with Gasteiger partial charge < -0.3 is 15.2 Å². The van der Waals surface area contributed by atoms with Gasteiger partial charge in [0.25, 0.3) is 0 Å². The van der Waals surface area contributed by atoms with Crippen LogP contribution in [0.2, 0.25) is 0 Å². The molecule has 1 aliphatic carbocycles. The second kappa shape index (κ2) is 7.09. The maximum absolute atomic E-state index is 6.10. The minimum absolute atomic E-state index is 0.0364. The van der Waals surface area contributed by atoms with Crippen LogP contribution in [0.4, 0.5) is 0 Å². The van der Waals surface area contributed by atoms with E-state index in [4.69, 9.17) is 15.2 Å². The second-order valence-corrected chi connectivity index (χ2v) is 6.06. The summed E-state index contributed by atoms with van der Waals surface area (Å²) in [6.45, 7) is 4.92. The topological polar surface area (TPSA) is 44.5 Å². The van der Waals surface area contributed by atoms with Gasteiger partial charge in [0.05, 0.1) is 19.8 Å². The molecule has 0 heterocycles. The Morgan fingerprint density at radius 2 is 2.15 bits per heavy atom. The molecule has 3 nitrogen and oxygen atoms in total. The molecule has 3 heteroatoms. The van der Waals surface area contributed by atoms with Crippen LogP contribution >= 0.6 is 0 Å². The summed E-state index contributed by atoms with van der Waals surface area (Å²) in [7, 11) is 1.70. The lowest BCUT2D eigenvalue weighted by molar-refractivity contribution is 0.00392. The molecule has 3 unspecified atom stereocenters. The number of nitrogens with two attached hydrogens (primary N) is 1. The lowest BCUT2D eigenvalue weighted by Gasteiger charge is -2.27. The molecule has 0 radical (unpaired) electrons. The maximum Gasteiger partial charge on any atom is 0.124 e. The molecule has 3 atom stereocenters. The van der Waals surface area contributed by atoms with Gasteiger partial charge in [0.15, 0.2) is 0 Å². The quantitative estimate of drug-likeness (QED) is 0.890. The normalized spacial score (nSPS) is 24.4. The first-order chi connectivity index (χ1) is 9.60. The van der Waals surface area contributed by atoms with E-state index >= 15 is 0 Å². The highest BCUT2D eigenvalue weighted by molar-refractivity contribution is 5.37. The Morgan fingerprint density at radius 1 is 1.35 bits per heavy atom. The Hall–Kier alpha value is -1.06. The van der Waals surface area contributed by atoms with E-state index in [-0.39, 0.29) is 6.04 Å². The molecule has 0 saturated heterocycles. The zero-order valence-corrected chi connectivity index (χ0v) is 12.9. The average molecular weight is 277 g/mol. The lowest BCUT2D eigenvalue weighted by Crippen LogP contribution is -2.21. The van der Waals surface area contributed by atoms with Crippen molar-refractivity contribution < 1.29 is 9.47 Å². The summed E-state index contributed by atoms with van der Waals surface area (Å²) in [6, 6.07) is 6.15. The molecule has 1 saturated carbocycles. The van der Waals surface area contributed by atoms with E-state index in [1.807, 2.05) is 19.1 Å². The molecule has 0 bridgehead atoms. The summed E-state index contributed by atoms with van der Waals surface area (Å²) in [5, 5.41) is 0. The van der Waals surface area contributed by atoms with Gasteiger partial charge in [-0.2, -0.15) is 0 Å². The van der Waals surface area contributed by atoms with Crippen LogP contribution in [0.5, 0.6) is 5.75 Å². The predicted octanol–water partition coefficient (Wildman–Crippen LogP) is 3.81. The minimum Gasteiger partial charge on any atom is -0.496 e. The Morgan fingerprint density at radius 3 is 2.80 bits per heavy atom. The summed E-state index contributed by atoms with van der Waals surface area (Å²) < 4.78 is 11.5. The zero-order valence-electron chi connectivity index (χ0n) is 12.9. The maximum atomic E-state index is 6.10. The van der Waals surface area contributed by atoms with E-state index in [0.717, 1.165) is 22.8 Å². The zero-order chi connectivity index (χ0) is 14.5. The van der Waals surface area contributed by atoms with Gasteiger partial charge >= 0.3 is 0 Å². The van der Waals surface area contributed by atoms with Crippen LogP contribution in [0, 0.1) is 5.92 Å². The lowest BCUT2D eigenvalue weighted by atomic mass is 9.89. The first kappa shape index (κ1) is 15.3. The first-order valence-corrected chi connectivity index (χ1v) is 7.64. The molecule has 0 amide bonds. The highest BCUT2D eigenvalue weighted by Crippen LogP contribution is 2.28. The van der Waals surface area contributed by atoms with Crippen molar-refractivity contribution in [2.45, 2.75) is 58.3 Å². The van der Waals surface area contributed by atoms with E-state index in [1.165, 1.54) is 25.7 Å². The van der Waals surface area contributed by atoms with Crippen LogP contribution in [-0.4, -0.2) is 13.2 Å². The summed E-state index contributed by atoms with van der Waals surface area (Å²) in [6.07, 6.45) is 5.36. The molecular weight excluding hydrogens is 250 g/mol. The third kappa shape index (κ3) is 3.97. The van der Waals surface area contributed by atoms with Crippen LogP contribution in [0.15, 0.2) is 18.2 Å². The van der Waals surface area contributed by atoms with Gasteiger partial charge in [-0.1, -0.05) is 25.8 Å². The third-order valence-corrected chi connectivity index (χ3v) is 4.19. The molecule has 1 aromatic carbocycles. The second-order valence-electron chi connectivity index (χ2n) is 6.06. The van der Waals surface area contributed by atoms with E-state index in [9.17, 15) is 0 Å². The molecule has 0 spiro atoms. The first-order valence-electron chi connectivity index (χ1n) is 7.64. The molecular formula is C17H27NO2. The highest BCUT2D eigenvalue weighted by atomic mass is 16.5. The van der Waals surface area contributed by atoms with E-state index < -0.39 is 0 Å². The van der Waals surface area contributed by atoms with Crippen LogP contribution in [0.3, 0.4) is 0 Å². The summed E-state index contributed by atoms with van der Waals surface area (Å²) in [5.41, 5.74) is 8.17. The highest BCUT2D eigenvalue weighted by Gasteiger charge is 2.19. The molecule has 0 aliphatic heterocycles. The largest absolute Gasteiger partial charge is 0.496 e. The summed E-state index contributed by atoms with van der Waals surface area (Å²) in [4.78, 5) is 0. The number of rotatable bonds is 5. The molecule has 2 rings (SSSR count). The standard InChI is InChI=1S/C17H27NO2/c1-12-5-4-6-16(9-12)20-11-15-10-14(13(2)18)7-8-17(15)19-3/h7-8,10,12-13,16H,4-6,9,11,18H2,1-3H3. The molecule has 0 aromatic heterocycles. The van der Waals surface area contributed by atoms with Crippen LogP contribution < -0.4 is 10.5 Å². The Bertz CT molecular complexity index is 431. The van der Waals surface area contributed by atoms with Crippen molar-refractivity contribution in [2.75, 3.05) is 7.11 Å². The van der Waals surface area contributed by atoms with Gasteiger partial charge in [0.1, 0.15) is 5.75 Å². The van der Waals surface area contributed by atoms with Crippen molar-refractivity contribution in [1.29, 1.82) is 0 Å². The minimum atomic E-state index is 0.0364. The van der Waals surface area contributed by atoms with Crippen LogP contribution in [0.1, 0.15) is 56.7 Å². The van der Waals surface area contributed by atoms with E-state index in [1.54, 1.807) is 7.11 Å². The average Bonchev–Trinajstić information content (AvgIpc) is 2.44. The third-order valence-electron chi connectivity index (χ3n) is 4.19. The Labute approximate surface area is 122 Å². The van der Waals surface area contributed by atoms with Gasteiger partial charge in [-0.25, -0.2) is 0 Å². The van der Waals surface area contributed by atoms with Crippen molar-refractivity contribution in [1.82, 2.24) is 0 Å². The fourth-order valence-corrected chi connectivity index (χ4v) is 2.93. The fraction of sp³-hybridized carbons (Fsp3) is 0.647. The Balaban J connectivity index is 2.01. The van der Waals surface area contributed by atoms with Crippen LogP contribution in [0.25, 0.3) is 0 Å². The molecule has 1 fully saturated rings. The SMILES string of the molecule is COc1ccc(C(C)N)cc1COC1CCCC(C)C1. The van der Waals surface area contributed by atoms with Gasteiger partial charge in [0.2, 0.25) is 0 Å². The van der Waals surface area contributed by atoms with Gasteiger partial charge in [-0.3, -0.25) is 0 Å². The van der Waals surface area contributed by atoms with E-state index in [0.29, 0.717) is 12.7 Å². The van der Waals surface area contributed by atoms with Gasteiger partial charge in [-0.05, 0) is 43.4 Å². The smallest absolute Gasteiger partial charge is 0.124 e. The number of methoxy groups -OCH3 is 1. The molecule has 20 heavy (non-hydrogen) atoms.